The second kappa shape index (κ2) is 6.92. The summed E-state index contributed by atoms with van der Waals surface area (Å²) in [6, 6.07) is 5.26. The average Bonchev–Trinajstić information content (AvgIpc) is 3.05. The number of amides is 1. The molecule has 0 unspecified atom stereocenters. The maximum atomic E-state index is 13.9. The first-order valence-electron chi connectivity index (χ1n) is 8.05. The number of aryl methyl sites for hydroxylation is 1. The number of imidazole rings is 1. The summed E-state index contributed by atoms with van der Waals surface area (Å²) in [4.78, 5) is 16.3. The van der Waals surface area contributed by atoms with Crippen LogP contribution in [0.5, 0.6) is 0 Å². The van der Waals surface area contributed by atoms with E-state index in [0.29, 0.717) is 5.56 Å². The van der Waals surface area contributed by atoms with Gasteiger partial charge in [-0.3, -0.25) is 4.79 Å². The Morgan fingerprint density at radius 1 is 1.36 bits per heavy atom. The van der Waals surface area contributed by atoms with E-state index in [0.717, 1.165) is 23.7 Å². The highest BCUT2D eigenvalue weighted by molar-refractivity contribution is 5.93. The summed E-state index contributed by atoms with van der Waals surface area (Å²) in [6.07, 6.45) is -3.50. The third kappa shape index (κ3) is 3.38. The smallest absolute Gasteiger partial charge is 0.339 e. The lowest BCUT2D eigenvalue weighted by atomic mass is 10.0. The van der Waals surface area contributed by atoms with Crippen molar-refractivity contribution in [2.45, 2.75) is 26.1 Å². The fourth-order valence-corrected chi connectivity index (χ4v) is 2.61. The Morgan fingerprint density at radius 3 is 2.71 bits per heavy atom. The van der Waals surface area contributed by atoms with Crippen LogP contribution in [-0.2, 0) is 0 Å². The van der Waals surface area contributed by atoms with Gasteiger partial charge in [0.25, 0.3) is 5.91 Å². The Labute approximate surface area is 156 Å². The highest BCUT2D eigenvalue weighted by atomic mass is 19.4. The quantitative estimate of drug-likeness (QED) is 0.694. The number of fused-ring (bicyclic) bond motifs is 1. The van der Waals surface area contributed by atoms with E-state index >= 15 is 0 Å². The van der Waals surface area contributed by atoms with Gasteiger partial charge in [-0.05, 0) is 31.5 Å². The van der Waals surface area contributed by atoms with Crippen LogP contribution in [0.15, 0.2) is 30.5 Å². The van der Waals surface area contributed by atoms with Gasteiger partial charge in [-0.15, -0.1) is 0 Å². The van der Waals surface area contributed by atoms with Crippen molar-refractivity contribution in [3.8, 4) is 17.3 Å². The van der Waals surface area contributed by atoms with Gasteiger partial charge in [0.15, 0.2) is 11.3 Å². The zero-order chi connectivity index (χ0) is 20.6. The highest BCUT2D eigenvalue weighted by Gasteiger charge is 2.37. The number of alkyl halides is 3. The fraction of sp³-hybridized carbons (Fsp3) is 0.222. The molecule has 1 aromatic carbocycles. The summed E-state index contributed by atoms with van der Waals surface area (Å²) >= 11 is 0. The van der Waals surface area contributed by atoms with Crippen LogP contribution in [0.2, 0.25) is 0 Å². The van der Waals surface area contributed by atoms with Crippen molar-refractivity contribution in [1.29, 1.82) is 5.26 Å². The number of nitrogens with zero attached hydrogens (tertiary/aromatic N) is 4. The van der Waals surface area contributed by atoms with E-state index in [2.05, 4.69) is 10.1 Å². The van der Waals surface area contributed by atoms with Crippen molar-refractivity contribution < 1.29 is 22.4 Å². The molecule has 1 atom stereocenters. The van der Waals surface area contributed by atoms with Gasteiger partial charge in [-0.1, -0.05) is 12.1 Å². The normalized spacial score (nSPS) is 12.6. The number of nitrogens with one attached hydrogen (secondary N) is 1. The van der Waals surface area contributed by atoms with Crippen molar-refractivity contribution in [3.63, 3.8) is 0 Å². The van der Waals surface area contributed by atoms with Gasteiger partial charge in [0.05, 0.1) is 17.5 Å². The topological polar surface area (TPSA) is 83.1 Å². The van der Waals surface area contributed by atoms with Crippen molar-refractivity contribution in [2.75, 3.05) is 0 Å². The molecule has 2 heterocycles. The van der Waals surface area contributed by atoms with Crippen LogP contribution in [0.25, 0.3) is 16.9 Å². The summed E-state index contributed by atoms with van der Waals surface area (Å²) < 4.78 is 53.1. The number of rotatable bonds is 3. The van der Waals surface area contributed by atoms with E-state index in [1.165, 1.54) is 12.1 Å². The minimum absolute atomic E-state index is 0.178. The van der Waals surface area contributed by atoms with Crippen LogP contribution in [0, 0.1) is 24.1 Å². The SMILES string of the molecule is Cc1cc(-c2cccc(F)c2C#N)nn2c(C(=O)N[C@@H](C)C(F)(F)F)cnc12. The van der Waals surface area contributed by atoms with Gasteiger partial charge in [0.2, 0.25) is 0 Å². The van der Waals surface area contributed by atoms with Gasteiger partial charge < -0.3 is 5.32 Å². The molecule has 0 aliphatic carbocycles. The summed E-state index contributed by atoms with van der Waals surface area (Å²) in [5.74, 6) is -1.75. The molecule has 0 saturated heterocycles. The van der Waals surface area contributed by atoms with Crippen LogP contribution in [-0.4, -0.2) is 32.7 Å². The molecule has 3 aromatic rings. The summed E-state index contributed by atoms with van der Waals surface area (Å²) in [5, 5.41) is 15.3. The largest absolute Gasteiger partial charge is 0.408 e. The first-order valence-corrected chi connectivity index (χ1v) is 8.05. The van der Waals surface area contributed by atoms with Crippen LogP contribution in [0.3, 0.4) is 0 Å². The van der Waals surface area contributed by atoms with Gasteiger partial charge >= 0.3 is 6.18 Å². The highest BCUT2D eigenvalue weighted by Crippen LogP contribution is 2.26. The molecule has 6 nitrogen and oxygen atoms in total. The number of carbonyl (C=O) groups excluding carboxylic acids is 1. The van der Waals surface area contributed by atoms with Crippen molar-refractivity contribution in [3.05, 3.63) is 53.1 Å². The summed E-state index contributed by atoms with van der Waals surface area (Å²) in [5.41, 5.74) is 0.717. The van der Waals surface area contributed by atoms with Gasteiger partial charge in [-0.25, -0.2) is 13.9 Å². The van der Waals surface area contributed by atoms with Gasteiger partial charge in [-0.2, -0.15) is 23.5 Å². The number of nitriles is 1. The Hall–Kier alpha value is -3.48. The molecule has 0 bridgehead atoms. The lowest BCUT2D eigenvalue weighted by Gasteiger charge is -2.16. The molecule has 10 heteroatoms. The maximum Gasteiger partial charge on any atom is 0.408 e. The molecule has 1 N–H and O–H groups in total. The second-order valence-corrected chi connectivity index (χ2v) is 6.10. The number of carbonyl (C=O) groups is 1. The summed E-state index contributed by atoms with van der Waals surface area (Å²) in [7, 11) is 0. The van der Waals surface area contributed by atoms with E-state index in [1.807, 2.05) is 5.32 Å². The number of halogens is 4. The average molecular weight is 391 g/mol. The van der Waals surface area contributed by atoms with Crippen LogP contribution in [0.4, 0.5) is 17.6 Å². The molecule has 28 heavy (non-hydrogen) atoms. The fourth-order valence-electron chi connectivity index (χ4n) is 2.61. The maximum absolute atomic E-state index is 13.9. The van der Waals surface area contributed by atoms with Gasteiger partial charge in [0.1, 0.15) is 17.9 Å². The van der Waals surface area contributed by atoms with E-state index in [1.54, 1.807) is 19.1 Å². The Kier molecular flexibility index (Phi) is 4.77. The predicted octanol–water partition coefficient (Wildman–Crippen LogP) is 3.40. The molecule has 0 spiro atoms. The predicted molar refractivity (Wildman–Crippen MR) is 90.8 cm³/mol. The van der Waals surface area contributed by atoms with Crippen LogP contribution in [0.1, 0.15) is 28.5 Å². The van der Waals surface area contributed by atoms with Gasteiger partial charge in [0, 0.05) is 5.56 Å². The molecule has 0 aliphatic rings. The Bertz CT molecular complexity index is 1110. The summed E-state index contributed by atoms with van der Waals surface area (Å²) in [6.45, 7) is 2.47. The number of aromatic nitrogens is 3. The van der Waals surface area contributed by atoms with E-state index < -0.39 is 23.9 Å². The van der Waals surface area contributed by atoms with E-state index in [4.69, 9.17) is 0 Å². The zero-order valence-electron chi connectivity index (χ0n) is 14.7. The number of hydrogen-bond donors (Lipinski definition) is 1. The second-order valence-electron chi connectivity index (χ2n) is 6.10. The number of benzene rings is 1. The van der Waals surface area contributed by atoms with Crippen LogP contribution >= 0.6 is 0 Å². The standard InChI is InChI=1S/C18H13F4N5O/c1-9-6-14(11-4-3-5-13(19)12(11)7-23)26-27-15(8-24-16(9)27)17(28)25-10(2)18(20,21)22/h3-6,8,10H,1-2H3,(H,25,28)/t10-/m0/s1. The zero-order valence-corrected chi connectivity index (χ0v) is 14.7. The third-order valence-corrected chi connectivity index (χ3v) is 4.12. The van der Waals surface area contributed by atoms with E-state index in [-0.39, 0.29) is 28.2 Å². The van der Waals surface area contributed by atoms with Crippen LogP contribution < -0.4 is 5.32 Å². The molecule has 0 fully saturated rings. The molecule has 0 aliphatic heterocycles. The molecule has 3 rings (SSSR count). The van der Waals surface area contributed by atoms with Crippen molar-refractivity contribution in [1.82, 2.24) is 19.9 Å². The minimum Gasteiger partial charge on any atom is -0.339 e. The Balaban J connectivity index is 2.11. The minimum atomic E-state index is -4.60. The molecule has 2 aromatic heterocycles. The lowest BCUT2D eigenvalue weighted by Crippen LogP contribution is -2.43. The molecule has 0 radical (unpaired) electrons. The lowest BCUT2D eigenvalue weighted by molar-refractivity contribution is -0.149. The number of hydrogen-bond acceptors (Lipinski definition) is 4. The first-order chi connectivity index (χ1) is 13.1. The first kappa shape index (κ1) is 19.3. The molecular weight excluding hydrogens is 378 g/mol. The third-order valence-electron chi connectivity index (χ3n) is 4.12. The molecular formula is C18H13F4N5O. The Morgan fingerprint density at radius 2 is 2.07 bits per heavy atom. The molecule has 0 saturated carbocycles. The van der Waals surface area contributed by atoms with Crippen molar-refractivity contribution in [2.24, 2.45) is 0 Å². The van der Waals surface area contributed by atoms with Crippen molar-refractivity contribution >= 4 is 11.6 Å². The molecule has 144 valence electrons. The van der Waals surface area contributed by atoms with E-state index in [9.17, 15) is 27.6 Å². The molecule has 1 amide bonds. The monoisotopic (exact) mass is 391 g/mol.